The largest absolute Gasteiger partial charge is 0.466 e. The first kappa shape index (κ1) is 13.8. The number of ether oxygens (including phenoxy) is 1. The van der Waals surface area contributed by atoms with Crippen LogP contribution in [0.4, 0.5) is 0 Å². The van der Waals surface area contributed by atoms with Gasteiger partial charge in [0.1, 0.15) is 10.7 Å². The van der Waals surface area contributed by atoms with Gasteiger partial charge in [-0.15, -0.1) is 11.3 Å². The van der Waals surface area contributed by atoms with E-state index >= 15 is 0 Å². The number of carbonyl (C=O) groups excluding carboxylic acids is 1. The molecule has 2 aromatic heterocycles. The maximum absolute atomic E-state index is 11.5. The van der Waals surface area contributed by atoms with Crippen LogP contribution in [0.5, 0.6) is 0 Å². The minimum Gasteiger partial charge on any atom is -0.466 e. The number of esters is 1. The molecule has 0 aliphatic carbocycles. The summed E-state index contributed by atoms with van der Waals surface area (Å²) in [6, 6.07) is 7.95. The van der Waals surface area contributed by atoms with Crippen molar-refractivity contribution in [2.45, 2.75) is 13.3 Å². The lowest BCUT2D eigenvalue weighted by Gasteiger charge is -1.99. The number of nitrogens with zero attached hydrogens (tertiary/aromatic N) is 3. The van der Waals surface area contributed by atoms with Crippen molar-refractivity contribution in [1.82, 2.24) is 14.5 Å². The highest BCUT2D eigenvalue weighted by molar-refractivity contribution is 7.10. The van der Waals surface area contributed by atoms with Gasteiger partial charge in [-0.25, -0.2) is 9.97 Å². The molecular weight excluding hydrogens is 286 g/mol. The van der Waals surface area contributed by atoms with Gasteiger partial charge in [0.25, 0.3) is 0 Å². The number of fused-ring (bicyclic) bond motifs is 1. The molecule has 0 unspecified atom stereocenters. The van der Waals surface area contributed by atoms with Gasteiger partial charge in [0.05, 0.1) is 24.1 Å². The van der Waals surface area contributed by atoms with E-state index in [-0.39, 0.29) is 12.4 Å². The van der Waals surface area contributed by atoms with E-state index in [4.69, 9.17) is 4.74 Å². The normalized spacial score (nSPS) is 11.0. The molecule has 6 heteroatoms. The lowest BCUT2D eigenvalue weighted by atomic mass is 10.3. The standard InChI is InChI=1S/C15H15N3O2S/c1-3-20-14(19)8-13-16-11(9-21-13)15-17-10-6-4-5-7-12(10)18(15)2/h4-7,9H,3,8H2,1-2H3. The first-order valence-electron chi connectivity index (χ1n) is 6.71. The number of imidazole rings is 1. The fourth-order valence-electron chi connectivity index (χ4n) is 2.20. The molecule has 0 aliphatic rings. The van der Waals surface area contributed by atoms with Gasteiger partial charge in [-0.1, -0.05) is 12.1 Å². The maximum atomic E-state index is 11.5. The summed E-state index contributed by atoms with van der Waals surface area (Å²) in [5.41, 5.74) is 2.79. The molecule has 1 aromatic carbocycles. The third-order valence-corrected chi connectivity index (χ3v) is 4.02. The lowest BCUT2D eigenvalue weighted by Crippen LogP contribution is -2.07. The highest BCUT2D eigenvalue weighted by Crippen LogP contribution is 2.25. The Morgan fingerprint density at radius 3 is 2.90 bits per heavy atom. The number of aromatic nitrogens is 3. The molecule has 21 heavy (non-hydrogen) atoms. The van der Waals surface area contributed by atoms with E-state index in [2.05, 4.69) is 9.97 Å². The average molecular weight is 301 g/mol. The van der Waals surface area contributed by atoms with Crippen LogP contribution >= 0.6 is 11.3 Å². The highest BCUT2D eigenvalue weighted by atomic mass is 32.1. The number of rotatable bonds is 4. The van der Waals surface area contributed by atoms with Crippen molar-refractivity contribution in [1.29, 1.82) is 0 Å². The van der Waals surface area contributed by atoms with Crippen molar-refractivity contribution in [3.05, 3.63) is 34.7 Å². The van der Waals surface area contributed by atoms with Crippen LogP contribution in [-0.4, -0.2) is 27.1 Å². The molecule has 0 saturated carbocycles. The van der Waals surface area contributed by atoms with Crippen molar-refractivity contribution >= 4 is 28.3 Å². The topological polar surface area (TPSA) is 57.0 Å². The van der Waals surface area contributed by atoms with Crippen LogP contribution in [0.25, 0.3) is 22.6 Å². The summed E-state index contributed by atoms with van der Waals surface area (Å²) in [7, 11) is 1.97. The quantitative estimate of drug-likeness (QED) is 0.695. The molecule has 2 heterocycles. The van der Waals surface area contributed by atoms with Gasteiger partial charge in [0, 0.05) is 12.4 Å². The molecule has 0 fully saturated rings. The van der Waals surface area contributed by atoms with E-state index in [0.29, 0.717) is 6.61 Å². The van der Waals surface area contributed by atoms with Crippen molar-refractivity contribution in [3.8, 4) is 11.5 Å². The van der Waals surface area contributed by atoms with Crippen LogP contribution in [-0.2, 0) is 23.0 Å². The predicted octanol–water partition coefficient (Wildman–Crippen LogP) is 2.80. The third-order valence-electron chi connectivity index (χ3n) is 3.17. The Kier molecular flexibility index (Phi) is 3.70. The number of carbonyl (C=O) groups is 1. The Balaban J connectivity index is 1.91. The zero-order valence-corrected chi connectivity index (χ0v) is 12.7. The summed E-state index contributed by atoms with van der Waals surface area (Å²) in [5, 5.41) is 2.67. The molecule has 0 radical (unpaired) electrons. The molecule has 3 rings (SSSR count). The van der Waals surface area contributed by atoms with E-state index in [0.717, 1.165) is 27.6 Å². The Bertz CT molecular complexity index is 791. The molecule has 0 aliphatic heterocycles. The monoisotopic (exact) mass is 301 g/mol. The van der Waals surface area contributed by atoms with Crippen LogP contribution in [0.3, 0.4) is 0 Å². The molecule has 0 bridgehead atoms. The van der Waals surface area contributed by atoms with Crippen LogP contribution in [0.15, 0.2) is 29.6 Å². The van der Waals surface area contributed by atoms with Crippen molar-refractivity contribution in [3.63, 3.8) is 0 Å². The summed E-state index contributed by atoms with van der Waals surface area (Å²) in [4.78, 5) is 20.6. The van der Waals surface area contributed by atoms with Gasteiger partial charge in [-0.05, 0) is 19.1 Å². The molecular formula is C15H15N3O2S. The smallest absolute Gasteiger partial charge is 0.312 e. The van der Waals surface area contributed by atoms with Gasteiger partial charge >= 0.3 is 5.97 Å². The second kappa shape index (κ2) is 5.65. The minimum atomic E-state index is -0.247. The van der Waals surface area contributed by atoms with Crippen molar-refractivity contribution < 1.29 is 9.53 Å². The van der Waals surface area contributed by atoms with E-state index in [1.54, 1.807) is 6.92 Å². The Morgan fingerprint density at radius 2 is 2.14 bits per heavy atom. The second-order valence-corrected chi connectivity index (χ2v) is 5.53. The Hall–Kier alpha value is -2.21. The zero-order chi connectivity index (χ0) is 14.8. The third kappa shape index (κ3) is 2.67. The van der Waals surface area contributed by atoms with Crippen LogP contribution in [0.1, 0.15) is 11.9 Å². The number of para-hydroxylation sites is 2. The van der Waals surface area contributed by atoms with Crippen LogP contribution in [0.2, 0.25) is 0 Å². The fourth-order valence-corrected chi connectivity index (χ4v) is 2.96. The number of hydrogen-bond acceptors (Lipinski definition) is 5. The Morgan fingerprint density at radius 1 is 1.33 bits per heavy atom. The maximum Gasteiger partial charge on any atom is 0.312 e. The molecule has 0 saturated heterocycles. The van der Waals surface area contributed by atoms with E-state index in [9.17, 15) is 4.79 Å². The molecule has 5 nitrogen and oxygen atoms in total. The van der Waals surface area contributed by atoms with Crippen molar-refractivity contribution in [2.24, 2.45) is 7.05 Å². The van der Waals surface area contributed by atoms with Crippen LogP contribution < -0.4 is 0 Å². The summed E-state index contributed by atoms with van der Waals surface area (Å²) >= 11 is 1.45. The van der Waals surface area contributed by atoms with Gasteiger partial charge in [-0.2, -0.15) is 0 Å². The summed E-state index contributed by atoms with van der Waals surface area (Å²) < 4.78 is 6.95. The number of benzene rings is 1. The van der Waals surface area contributed by atoms with E-state index in [1.807, 2.05) is 41.3 Å². The highest BCUT2D eigenvalue weighted by Gasteiger charge is 2.14. The minimum absolute atomic E-state index is 0.211. The second-order valence-electron chi connectivity index (χ2n) is 4.59. The summed E-state index contributed by atoms with van der Waals surface area (Å²) in [5.74, 6) is 0.561. The zero-order valence-electron chi connectivity index (χ0n) is 11.9. The Labute approximate surface area is 126 Å². The fraction of sp³-hybridized carbons (Fsp3) is 0.267. The first-order valence-corrected chi connectivity index (χ1v) is 7.59. The molecule has 0 atom stereocenters. The van der Waals surface area contributed by atoms with Gasteiger partial charge in [-0.3, -0.25) is 4.79 Å². The SMILES string of the molecule is CCOC(=O)Cc1nc(-c2nc3ccccc3n2C)cs1. The van der Waals surface area contributed by atoms with Gasteiger partial charge in [0.15, 0.2) is 5.82 Å². The van der Waals surface area contributed by atoms with Crippen LogP contribution in [0, 0.1) is 0 Å². The lowest BCUT2D eigenvalue weighted by molar-refractivity contribution is -0.142. The first-order chi connectivity index (χ1) is 10.2. The molecule has 108 valence electrons. The molecule has 3 aromatic rings. The predicted molar refractivity (Wildman–Crippen MR) is 82.2 cm³/mol. The summed E-state index contributed by atoms with van der Waals surface area (Å²) in [6.45, 7) is 2.19. The molecule has 0 spiro atoms. The summed E-state index contributed by atoms with van der Waals surface area (Å²) in [6.07, 6.45) is 0.211. The van der Waals surface area contributed by atoms with Crippen molar-refractivity contribution in [2.75, 3.05) is 6.61 Å². The van der Waals surface area contributed by atoms with Gasteiger partial charge < -0.3 is 9.30 Å². The molecule has 0 N–H and O–H groups in total. The number of hydrogen-bond donors (Lipinski definition) is 0. The van der Waals surface area contributed by atoms with E-state index in [1.165, 1.54) is 11.3 Å². The number of aryl methyl sites for hydroxylation is 1. The number of thiazole rings is 1. The average Bonchev–Trinajstić information content (AvgIpc) is 3.05. The van der Waals surface area contributed by atoms with Gasteiger partial charge in [0.2, 0.25) is 0 Å². The van der Waals surface area contributed by atoms with E-state index < -0.39 is 0 Å². The molecule has 0 amide bonds.